The van der Waals surface area contributed by atoms with Crippen LogP contribution in [0.2, 0.25) is 0 Å². The molecule has 1 fully saturated rings. The molecule has 0 aliphatic carbocycles. The van der Waals surface area contributed by atoms with Crippen LogP contribution in [0, 0.1) is 0 Å². The van der Waals surface area contributed by atoms with Crippen LogP contribution in [-0.2, 0) is 14.3 Å². The van der Waals surface area contributed by atoms with Crippen molar-refractivity contribution in [3.05, 3.63) is 22.7 Å². The van der Waals surface area contributed by atoms with E-state index in [-0.39, 0.29) is 18.7 Å². The van der Waals surface area contributed by atoms with Gasteiger partial charge in [-0.1, -0.05) is 0 Å². The fourth-order valence-electron chi connectivity index (χ4n) is 2.40. The second-order valence-electron chi connectivity index (χ2n) is 5.76. The molecule has 26 heavy (non-hydrogen) atoms. The molecule has 1 amide bonds. The normalized spacial score (nSPS) is 26.5. The summed E-state index contributed by atoms with van der Waals surface area (Å²) in [6.07, 6.45) is -4.14. The topological polar surface area (TPSA) is 197 Å². The van der Waals surface area contributed by atoms with Crippen LogP contribution in [-0.4, -0.2) is 72.8 Å². The molecule has 144 valence electrons. The van der Waals surface area contributed by atoms with E-state index in [9.17, 15) is 24.6 Å². The number of nitrogens with zero attached hydrogens (tertiary/aromatic N) is 2. The van der Waals surface area contributed by atoms with Crippen molar-refractivity contribution >= 4 is 17.7 Å². The van der Waals surface area contributed by atoms with Crippen LogP contribution in [0.15, 0.2) is 17.1 Å². The van der Waals surface area contributed by atoms with Crippen molar-refractivity contribution in [1.29, 1.82) is 0 Å². The monoisotopic (exact) mass is 372 g/mol. The molecular formula is C14H20N4O8. The third-order valence-corrected chi connectivity index (χ3v) is 3.89. The molecule has 12 heteroatoms. The summed E-state index contributed by atoms with van der Waals surface area (Å²) in [6.45, 7) is -0.538. The summed E-state index contributed by atoms with van der Waals surface area (Å²) in [7, 11) is 0. The third kappa shape index (κ3) is 4.42. The van der Waals surface area contributed by atoms with E-state index >= 15 is 0 Å². The maximum Gasteiger partial charge on any atom is 0.351 e. The minimum absolute atomic E-state index is 0.0770. The average Bonchev–Trinajstić information content (AvgIpc) is 2.87. The molecule has 0 aromatic carbocycles. The largest absolute Gasteiger partial charge is 0.480 e. The van der Waals surface area contributed by atoms with Gasteiger partial charge in [0.15, 0.2) is 6.23 Å². The molecule has 1 aromatic rings. The van der Waals surface area contributed by atoms with Crippen LogP contribution in [0.1, 0.15) is 19.1 Å². The van der Waals surface area contributed by atoms with Gasteiger partial charge < -0.3 is 36.2 Å². The van der Waals surface area contributed by atoms with Crippen molar-refractivity contribution in [2.75, 3.05) is 11.9 Å². The first-order valence-electron chi connectivity index (χ1n) is 7.74. The van der Waals surface area contributed by atoms with Gasteiger partial charge in [0, 0.05) is 12.6 Å². The summed E-state index contributed by atoms with van der Waals surface area (Å²) in [6, 6.07) is 0.0964. The standard InChI is InChI=1S/C14H20N4O8/c15-6(13(23)24)1-2-9(20)16-8-3-4-18(14(25)17-8)12-11(22)10(21)7(5-19)26-12/h3-4,6-7,10-12,19,21-22H,1-2,5,15H2,(H,23,24)(H,16,17,20,25). The van der Waals surface area contributed by atoms with Crippen LogP contribution in [0.5, 0.6) is 0 Å². The fraction of sp³-hybridized carbons (Fsp3) is 0.571. The average molecular weight is 372 g/mol. The van der Waals surface area contributed by atoms with E-state index in [0.717, 1.165) is 4.57 Å². The smallest absolute Gasteiger partial charge is 0.351 e. The van der Waals surface area contributed by atoms with E-state index in [2.05, 4.69) is 10.3 Å². The summed E-state index contributed by atoms with van der Waals surface area (Å²) in [4.78, 5) is 38.0. The van der Waals surface area contributed by atoms with Gasteiger partial charge in [0.25, 0.3) is 0 Å². The molecule has 0 radical (unpaired) electrons. The number of aliphatic hydroxyl groups excluding tert-OH is 3. The number of amides is 1. The van der Waals surface area contributed by atoms with Crippen molar-refractivity contribution in [3.8, 4) is 0 Å². The molecule has 0 bridgehead atoms. The van der Waals surface area contributed by atoms with Crippen molar-refractivity contribution < 1.29 is 34.8 Å². The van der Waals surface area contributed by atoms with Crippen LogP contribution >= 0.6 is 0 Å². The number of carboxylic acids is 1. The zero-order valence-electron chi connectivity index (χ0n) is 13.6. The van der Waals surface area contributed by atoms with E-state index in [1.807, 2.05) is 0 Å². The molecule has 1 aliphatic rings. The van der Waals surface area contributed by atoms with Gasteiger partial charge in [-0.3, -0.25) is 14.2 Å². The van der Waals surface area contributed by atoms with Gasteiger partial charge in [0.05, 0.1) is 6.61 Å². The minimum atomic E-state index is -1.44. The Morgan fingerprint density at radius 3 is 2.62 bits per heavy atom. The third-order valence-electron chi connectivity index (χ3n) is 3.89. The Kier molecular flexibility index (Phi) is 6.39. The molecule has 5 unspecified atom stereocenters. The van der Waals surface area contributed by atoms with Gasteiger partial charge in [-0.05, 0) is 12.5 Å². The number of aliphatic carboxylic acids is 1. The minimum Gasteiger partial charge on any atom is -0.480 e. The summed E-state index contributed by atoms with van der Waals surface area (Å²) >= 11 is 0. The number of aromatic nitrogens is 2. The van der Waals surface area contributed by atoms with Crippen LogP contribution < -0.4 is 16.7 Å². The molecule has 1 aromatic heterocycles. The van der Waals surface area contributed by atoms with Gasteiger partial charge in [0.2, 0.25) is 5.91 Å². The van der Waals surface area contributed by atoms with E-state index in [1.165, 1.54) is 12.3 Å². The Bertz CT molecular complexity index is 723. The first-order chi connectivity index (χ1) is 12.2. The Balaban J connectivity index is 2.02. The Morgan fingerprint density at radius 2 is 2.08 bits per heavy atom. The molecular weight excluding hydrogens is 352 g/mol. The van der Waals surface area contributed by atoms with Crippen molar-refractivity contribution in [2.45, 2.75) is 43.4 Å². The molecule has 2 rings (SSSR count). The highest BCUT2D eigenvalue weighted by molar-refractivity contribution is 5.90. The van der Waals surface area contributed by atoms with Crippen molar-refractivity contribution in [1.82, 2.24) is 9.55 Å². The maximum absolute atomic E-state index is 12.1. The summed E-state index contributed by atoms with van der Waals surface area (Å²) in [5, 5.41) is 39.7. The number of rotatable bonds is 7. The van der Waals surface area contributed by atoms with Gasteiger partial charge >= 0.3 is 11.7 Å². The highest BCUT2D eigenvalue weighted by atomic mass is 16.6. The number of hydrogen-bond acceptors (Lipinski definition) is 9. The Labute approximate surface area is 146 Å². The molecule has 12 nitrogen and oxygen atoms in total. The number of nitrogens with two attached hydrogens (primary N) is 1. The molecule has 5 atom stereocenters. The predicted molar refractivity (Wildman–Crippen MR) is 85.0 cm³/mol. The van der Waals surface area contributed by atoms with Gasteiger partial charge in [-0.2, -0.15) is 4.98 Å². The first kappa shape index (κ1) is 19.9. The molecule has 1 saturated heterocycles. The van der Waals surface area contributed by atoms with Crippen LogP contribution in [0.4, 0.5) is 5.82 Å². The van der Waals surface area contributed by atoms with Crippen molar-refractivity contribution in [2.24, 2.45) is 5.73 Å². The Morgan fingerprint density at radius 1 is 1.38 bits per heavy atom. The Hall–Kier alpha value is -2.38. The number of hydrogen-bond donors (Lipinski definition) is 6. The number of anilines is 1. The van der Waals surface area contributed by atoms with Gasteiger partial charge in [-0.15, -0.1) is 0 Å². The SMILES string of the molecule is NC(CCC(=O)Nc1ccn(C2OC(CO)C(O)C2O)c(=O)n1)C(=O)O. The summed E-state index contributed by atoms with van der Waals surface area (Å²) in [5.74, 6) is -1.87. The fourth-order valence-corrected chi connectivity index (χ4v) is 2.40. The highest BCUT2D eigenvalue weighted by Gasteiger charge is 2.43. The van der Waals surface area contributed by atoms with Crippen LogP contribution in [0.25, 0.3) is 0 Å². The lowest BCUT2D eigenvalue weighted by molar-refractivity contribution is -0.138. The predicted octanol–water partition coefficient (Wildman–Crippen LogP) is -3.01. The number of carbonyl (C=O) groups is 2. The molecule has 2 heterocycles. The lowest BCUT2D eigenvalue weighted by atomic mass is 10.1. The summed E-state index contributed by atoms with van der Waals surface area (Å²) in [5.41, 5.74) is 4.43. The van der Waals surface area contributed by atoms with Gasteiger partial charge in [-0.25, -0.2) is 4.79 Å². The van der Waals surface area contributed by atoms with E-state index < -0.39 is 54.8 Å². The zero-order valence-corrected chi connectivity index (χ0v) is 13.6. The molecule has 7 N–H and O–H groups in total. The van der Waals surface area contributed by atoms with Crippen LogP contribution in [0.3, 0.4) is 0 Å². The zero-order chi connectivity index (χ0) is 19.4. The lowest BCUT2D eigenvalue weighted by Gasteiger charge is -2.17. The number of carbonyl (C=O) groups excluding carboxylic acids is 1. The number of carboxylic acid groups (broad SMARTS) is 1. The van der Waals surface area contributed by atoms with E-state index in [1.54, 1.807) is 0 Å². The molecule has 0 saturated carbocycles. The maximum atomic E-state index is 12.1. The second-order valence-corrected chi connectivity index (χ2v) is 5.76. The lowest BCUT2D eigenvalue weighted by Crippen LogP contribution is -2.36. The number of nitrogens with one attached hydrogen (secondary N) is 1. The second kappa shape index (κ2) is 8.33. The van der Waals surface area contributed by atoms with E-state index in [4.69, 9.17) is 20.7 Å². The van der Waals surface area contributed by atoms with E-state index in [0.29, 0.717) is 0 Å². The molecule has 0 spiro atoms. The number of aliphatic hydroxyl groups is 3. The summed E-state index contributed by atoms with van der Waals surface area (Å²) < 4.78 is 6.14. The van der Waals surface area contributed by atoms with Crippen molar-refractivity contribution in [3.63, 3.8) is 0 Å². The number of ether oxygens (including phenoxy) is 1. The molecule has 1 aliphatic heterocycles. The first-order valence-corrected chi connectivity index (χ1v) is 7.74. The van der Waals surface area contributed by atoms with Gasteiger partial charge in [0.1, 0.15) is 30.2 Å². The highest BCUT2D eigenvalue weighted by Crippen LogP contribution is 2.28. The quantitative estimate of drug-likeness (QED) is 0.286.